The van der Waals surface area contributed by atoms with Crippen molar-refractivity contribution in [3.8, 4) is 6.07 Å². The van der Waals surface area contributed by atoms with Crippen molar-refractivity contribution in [2.24, 2.45) is 5.92 Å². The Bertz CT molecular complexity index is 497. The van der Waals surface area contributed by atoms with Crippen molar-refractivity contribution < 1.29 is 13.2 Å². The summed E-state index contributed by atoms with van der Waals surface area (Å²) in [6.07, 6.45) is -3.92. The van der Waals surface area contributed by atoms with Crippen LogP contribution in [0.15, 0.2) is 18.2 Å². The average molecular weight is 269 g/mol. The van der Waals surface area contributed by atoms with Gasteiger partial charge in [0.15, 0.2) is 0 Å². The fourth-order valence-corrected chi connectivity index (χ4v) is 2.30. The highest BCUT2D eigenvalue weighted by atomic mass is 19.4. The molecule has 1 fully saturated rings. The first kappa shape index (κ1) is 13.5. The van der Waals surface area contributed by atoms with Gasteiger partial charge >= 0.3 is 6.18 Å². The summed E-state index contributed by atoms with van der Waals surface area (Å²) in [5.41, 5.74) is 7.12. The molecule has 1 saturated heterocycles. The van der Waals surface area contributed by atoms with Gasteiger partial charge in [-0.3, -0.25) is 0 Å². The molecular formula is C13H14F3N3. The molecular weight excluding hydrogens is 255 g/mol. The zero-order valence-electron chi connectivity index (χ0n) is 10.2. The molecule has 1 aromatic rings. The fourth-order valence-electron chi connectivity index (χ4n) is 2.30. The van der Waals surface area contributed by atoms with Gasteiger partial charge in [-0.1, -0.05) is 0 Å². The average Bonchev–Trinajstić information content (AvgIpc) is 2.38. The van der Waals surface area contributed by atoms with Gasteiger partial charge in [0.1, 0.15) is 6.07 Å². The lowest BCUT2D eigenvalue weighted by Gasteiger charge is -2.34. The summed E-state index contributed by atoms with van der Waals surface area (Å²) in [4.78, 5) is 1.86. The molecule has 2 rings (SSSR count). The van der Waals surface area contributed by atoms with Crippen LogP contribution in [0.4, 0.5) is 24.5 Å². The number of halogens is 3. The van der Waals surface area contributed by atoms with Gasteiger partial charge in [-0.2, -0.15) is 18.4 Å². The molecule has 3 nitrogen and oxygen atoms in total. The number of nitriles is 1. The monoisotopic (exact) mass is 269 g/mol. The minimum Gasteiger partial charge on any atom is -0.398 e. The van der Waals surface area contributed by atoms with E-state index >= 15 is 0 Å². The quantitative estimate of drug-likeness (QED) is 0.797. The van der Waals surface area contributed by atoms with Gasteiger partial charge in [0, 0.05) is 24.5 Å². The third-order valence-electron chi connectivity index (χ3n) is 3.48. The molecule has 1 aliphatic heterocycles. The normalized spacial score (nSPS) is 17.3. The molecule has 6 heteroatoms. The highest BCUT2D eigenvalue weighted by molar-refractivity contribution is 5.62. The molecule has 0 radical (unpaired) electrons. The van der Waals surface area contributed by atoms with Crippen molar-refractivity contribution in [2.45, 2.75) is 19.0 Å². The number of hydrogen-bond donors (Lipinski definition) is 1. The van der Waals surface area contributed by atoms with Crippen molar-refractivity contribution in [3.05, 3.63) is 23.8 Å². The first-order valence-electron chi connectivity index (χ1n) is 6.03. The Balaban J connectivity index is 2.08. The zero-order chi connectivity index (χ0) is 14.0. The van der Waals surface area contributed by atoms with Gasteiger partial charge in [0.25, 0.3) is 0 Å². The lowest BCUT2D eigenvalue weighted by Crippen LogP contribution is -2.39. The molecule has 19 heavy (non-hydrogen) atoms. The van der Waals surface area contributed by atoms with E-state index in [1.54, 1.807) is 18.2 Å². The number of rotatable bonds is 1. The third-order valence-corrected chi connectivity index (χ3v) is 3.48. The standard InChI is InChI=1S/C13H14F3N3/c14-13(15,16)10-3-5-19(6-4-10)11-1-2-12(18)9(7-11)8-17/h1-2,7,10H,3-6,18H2. The number of nitrogen functional groups attached to an aromatic ring is 1. The number of hydrogen-bond acceptors (Lipinski definition) is 3. The van der Waals surface area contributed by atoms with Gasteiger partial charge in [0.05, 0.1) is 11.5 Å². The zero-order valence-corrected chi connectivity index (χ0v) is 10.2. The van der Waals surface area contributed by atoms with Gasteiger partial charge in [0.2, 0.25) is 0 Å². The van der Waals surface area contributed by atoms with Crippen LogP contribution in [0.3, 0.4) is 0 Å². The molecule has 0 saturated carbocycles. The van der Waals surface area contributed by atoms with E-state index < -0.39 is 12.1 Å². The number of nitrogens with zero attached hydrogens (tertiary/aromatic N) is 2. The summed E-state index contributed by atoms with van der Waals surface area (Å²) in [7, 11) is 0. The third kappa shape index (κ3) is 2.92. The summed E-state index contributed by atoms with van der Waals surface area (Å²) >= 11 is 0. The van der Waals surface area contributed by atoms with E-state index in [2.05, 4.69) is 0 Å². The van der Waals surface area contributed by atoms with Crippen molar-refractivity contribution in [1.82, 2.24) is 0 Å². The summed E-state index contributed by atoms with van der Waals surface area (Å²) in [6, 6.07) is 6.96. The van der Waals surface area contributed by atoms with Crippen LogP contribution in [0.1, 0.15) is 18.4 Å². The number of anilines is 2. The lowest BCUT2D eigenvalue weighted by atomic mass is 9.96. The smallest absolute Gasteiger partial charge is 0.391 e. The molecule has 2 N–H and O–H groups in total. The SMILES string of the molecule is N#Cc1cc(N2CCC(C(F)(F)F)CC2)ccc1N. The molecule has 1 aromatic carbocycles. The Labute approximate surface area is 109 Å². The Morgan fingerprint density at radius 1 is 1.26 bits per heavy atom. The molecule has 0 bridgehead atoms. The van der Waals surface area contributed by atoms with E-state index in [0.717, 1.165) is 5.69 Å². The van der Waals surface area contributed by atoms with E-state index in [1.807, 2.05) is 11.0 Å². The number of benzene rings is 1. The van der Waals surface area contributed by atoms with Gasteiger partial charge in [-0.15, -0.1) is 0 Å². The molecule has 0 atom stereocenters. The Hall–Kier alpha value is -1.90. The maximum atomic E-state index is 12.6. The van der Waals surface area contributed by atoms with Crippen molar-refractivity contribution >= 4 is 11.4 Å². The van der Waals surface area contributed by atoms with E-state index in [9.17, 15) is 13.2 Å². The lowest BCUT2D eigenvalue weighted by molar-refractivity contribution is -0.179. The molecule has 1 heterocycles. The maximum absolute atomic E-state index is 12.6. The van der Waals surface area contributed by atoms with Gasteiger partial charge < -0.3 is 10.6 Å². The topological polar surface area (TPSA) is 53.0 Å². The predicted molar refractivity (Wildman–Crippen MR) is 66.6 cm³/mol. The first-order valence-corrected chi connectivity index (χ1v) is 6.03. The molecule has 102 valence electrons. The van der Waals surface area contributed by atoms with Crippen LogP contribution in [0.2, 0.25) is 0 Å². The van der Waals surface area contributed by atoms with E-state index in [0.29, 0.717) is 24.3 Å². The minimum absolute atomic E-state index is 0.0930. The first-order chi connectivity index (χ1) is 8.91. The van der Waals surface area contributed by atoms with Crippen LogP contribution in [0.5, 0.6) is 0 Å². The minimum atomic E-state index is -4.11. The van der Waals surface area contributed by atoms with Gasteiger partial charge in [-0.05, 0) is 31.0 Å². The summed E-state index contributed by atoms with van der Waals surface area (Å²) < 4.78 is 37.7. The van der Waals surface area contributed by atoms with E-state index in [4.69, 9.17) is 11.0 Å². The second kappa shape index (κ2) is 5.00. The van der Waals surface area contributed by atoms with E-state index in [1.165, 1.54) is 0 Å². The molecule has 0 amide bonds. The summed E-state index contributed by atoms with van der Waals surface area (Å²) in [6.45, 7) is 0.692. The molecule has 0 spiro atoms. The van der Waals surface area contributed by atoms with Crippen LogP contribution in [0, 0.1) is 17.2 Å². The summed E-state index contributed by atoms with van der Waals surface area (Å²) in [5.74, 6) is -1.21. The Kier molecular flexibility index (Phi) is 3.56. The summed E-state index contributed by atoms with van der Waals surface area (Å²) in [5, 5.41) is 8.89. The van der Waals surface area contributed by atoms with Crippen molar-refractivity contribution in [2.75, 3.05) is 23.7 Å². The molecule has 0 aliphatic carbocycles. The molecule has 1 aliphatic rings. The van der Waals surface area contributed by atoms with Crippen LogP contribution < -0.4 is 10.6 Å². The van der Waals surface area contributed by atoms with Crippen LogP contribution in [-0.2, 0) is 0 Å². The highest BCUT2D eigenvalue weighted by Gasteiger charge is 2.41. The van der Waals surface area contributed by atoms with Crippen LogP contribution in [0.25, 0.3) is 0 Å². The molecule has 0 unspecified atom stereocenters. The largest absolute Gasteiger partial charge is 0.398 e. The number of piperidine rings is 1. The predicted octanol–water partition coefficient (Wildman–Crippen LogP) is 2.92. The maximum Gasteiger partial charge on any atom is 0.391 e. The molecule has 0 aromatic heterocycles. The fraction of sp³-hybridized carbons (Fsp3) is 0.462. The Morgan fingerprint density at radius 3 is 2.42 bits per heavy atom. The Morgan fingerprint density at radius 2 is 1.89 bits per heavy atom. The highest BCUT2D eigenvalue weighted by Crippen LogP contribution is 2.35. The number of nitrogens with two attached hydrogens (primary N) is 1. The number of alkyl halides is 3. The van der Waals surface area contributed by atoms with Crippen LogP contribution in [-0.4, -0.2) is 19.3 Å². The second-order valence-corrected chi connectivity index (χ2v) is 4.69. The van der Waals surface area contributed by atoms with Crippen molar-refractivity contribution in [1.29, 1.82) is 5.26 Å². The second-order valence-electron chi connectivity index (χ2n) is 4.69. The van der Waals surface area contributed by atoms with Gasteiger partial charge in [-0.25, -0.2) is 0 Å². The van der Waals surface area contributed by atoms with Crippen LogP contribution >= 0.6 is 0 Å². The van der Waals surface area contributed by atoms with E-state index in [-0.39, 0.29) is 12.8 Å². The van der Waals surface area contributed by atoms with Crippen molar-refractivity contribution in [3.63, 3.8) is 0 Å².